The van der Waals surface area contributed by atoms with Crippen LogP contribution >= 0.6 is 23.4 Å². The number of likely N-dealkylation sites (tertiary alicyclic amines) is 1. The highest BCUT2D eigenvalue weighted by atomic mass is 35.5. The molecule has 0 radical (unpaired) electrons. The summed E-state index contributed by atoms with van der Waals surface area (Å²) in [5, 5.41) is 1.35. The highest BCUT2D eigenvalue weighted by Crippen LogP contribution is 2.42. The Bertz CT molecular complexity index is 531. The number of hydrogen-bond donors (Lipinski definition) is 0. The van der Waals surface area contributed by atoms with Crippen LogP contribution in [0.1, 0.15) is 58.6 Å². The third kappa shape index (κ3) is 4.45. The Hall–Kier alpha value is -0.670. The Morgan fingerprint density at radius 1 is 1.35 bits per heavy atom. The molecule has 1 aromatic rings. The van der Waals surface area contributed by atoms with Gasteiger partial charge in [-0.05, 0) is 42.2 Å². The van der Waals surface area contributed by atoms with Gasteiger partial charge >= 0.3 is 0 Å². The molecule has 0 N–H and O–H groups in total. The molecule has 2 rings (SSSR count). The maximum Gasteiger partial charge on any atom is 0.229 e. The average molecular weight is 354 g/mol. The van der Waals surface area contributed by atoms with Crippen molar-refractivity contribution in [2.45, 2.75) is 58.2 Å². The summed E-state index contributed by atoms with van der Waals surface area (Å²) in [7, 11) is 0. The summed E-state index contributed by atoms with van der Waals surface area (Å²) in [6.45, 7) is 9.48. The minimum Gasteiger partial charge on any atom is -0.334 e. The number of halogens is 1. The molecule has 2 atom stereocenters. The van der Waals surface area contributed by atoms with Gasteiger partial charge in [0, 0.05) is 22.7 Å². The van der Waals surface area contributed by atoms with Gasteiger partial charge in [-0.1, -0.05) is 51.4 Å². The number of hydrogen-bond acceptors (Lipinski definition) is 2. The first-order valence-electron chi connectivity index (χ1n) is 8.55. The van der Waals surface area contributed by atoms with Gasteiger partial charge in [-0.3, -0.25) is 4.79 Å². The van der Waals surface area contributed by atoms with Crippen LogP contribution in [-0.4, -0.2) is 28.4 Å². The number of amides is 1. The summed E-state index contributed by atoms with van der Waals surface area (Å²) < 4.78 is 0. The first kappa shape index (κ1) is 18.7. The Morgan fingerprint density at radius 3 is 2.57 bits per heavy atom. The van der Waals surface area contributed by atoms with Crippen LogP contribution in [0.15, 0.2) is 24.3 Å². The standard InChI is InChI=1S/C19H28ClNOS/c1-5-19(4)11-10-17(15-6-8-16(20)9-7-15)21(18(19)22)12-13-23-14(2)3/h6-9,14,17H,5,10-13H2,1-4H3/t17?,19-/m0/s1. The fraction of sp³-hybridized carbons (Fsp3) is 0.632. The van der Waals surface area contributed by atoms with E-state index in [4.69, 9.17) is 11.6 Å². The summed E-state index contributed by atoms with van der Waals surface area (Å²) in [6, 6.07) is 8.17. The fourth-order valence-electron chi connectivity index (χ4n) is 3.21. The van der Waals surface area contributed by atoms with E-state index >= 15 is 0 Å². The van der Waals surface area contributed by atoms with Gasteiger partial charge in [0.1, 0.15) is 0 Å². The molecule has 1 heterocycles. The van der Waals surface area contributed by atoms with Crippen molar-refractivity contribution in [1.29, 1.82) is 0 Å². The maximum atomic E-state index is 13.1. The van der Waals surface area contributed by atoms with E-state index < -0.39 is 0 Å². The second-order valence-electron chi connectivity index (χ2n) is 6.94. The fourth-order valence-corrected chi connectivity index (χ4v) is 4.11. The predicted molar refractivity (Wildman–Crippen MR) is 101 cm³/mol. The summed E-state index contributed by atoms with van der Waals surface area (Å²) in [5.74, 6) is 1.31. The van der Waals surface area contributed by atoms with Crippen molar-refractivity contribution in [1.82, 2.24) is 4.90 Å². The van der Waals surface area contributed by atoms with Gasteiger partial charge in [0.05, 0.1) is 6.04 Å². The molecule has 128 valence electrons. The first-order valence-corrected chi connectivity index (χ1v) is 9.98. The largest absolute Gasteiger partial charge is 0.334 e. The molecule has 1 aromatic carbocycles. The molecule has 0 aromatic heterocycles. The topological polar surface area (TPSA) is 20.3 Å². The van der Waals surface area contributed by atoms with Crippen molar-refractivity contribution in [3.8, 4) is 0 Å². The lowest BCUT2D eigenvalue weighted by Crippen LogP contribution is -2.49. The minimum absolute atomic E-state index is 0.187. The van der Waals surface area contributed by atoms with E-state index in [1.165, 1.54) is 5.56 Å². The van der Waals surface area contributed by atoms with E-state index in [0.29, 0.717) is 11.2 Å². The lowest BCUT2D eigenvalue weighted by molar-refractivity contribution is -0.149. The van der Waals surface area contributed by atoms with Crippen LogP contribution in [0.5, 0.6) is 0 Å². The molecule has 23 heavy (non-hydrogen) atoms. The quantitative estimate of drug-likeness (QED) is 0.667. The Labute approximate surface area is 150 Å². The minimum atomic E-state index is -0.203. The maximum absolute atomic E-state index is 13.1. The van der Waals surface area contributed by atoms with Gasteiger partial charge in [0.2, 0.25) is 5.91 Å². The lowest BCUT2D eigenvalue weighted by atomic mass is 9.75. The number of thioether (sulfide) groups is 1. The molecule has 4 heteroatoms. The van der Waals surface area contributed by atoms with E-state index in [1.807, 2.05) is 23.9 Å². The van der Waals surface area contributed by atoms with Gasteiger partial charge in [0.15, 0.2) is 0 Å². The number of piperidine rings is 1. The number of carbonyl (C=O) groups excluding carboxylic acids is 1. The van der Waals surface area contributed by atoms with Gasteiger partial charge in [0.25, 0.3) is 0 Å². The van der Waals surface area contributed by atoms with Crippen molar-refractivity contribution in [2.75, 3.05) is 12.3 Å². The Balaban J connectivity index is 2.21. The van der Waals surface area contributed by atoms with Crippen LogP contribution in [-0.2, 0) is 4.79 Å². The van der Waals surface area contributed by atoms with Crippen LogP contribution in [0.25, 0.3) is 0 Å². The average Bonchev–Trinajstić information content (AvgIpc) is 2.52. The summed E-state index contributed by atoms with van der Waals surface area (Å²) in [4.78, 5) is 15.2. The van der Waals surface area contributed by atoms with Gasteiger partial charge in [-0.15, -0.1) is 0 Å². The third-order valence-electron chi connectivity index (χ3n) is 4.94. The molecule has 0 saturated carbocycles. The van der Waals surface area contributed by atoms with Crippen molar-refractivity contribution in [3.63, 3.8) is 0 Å². The molecule has 2 nitrogen and oxygen atoms in total. The van der Waals surface area contributed by atoms with E-state index in [9.17, 15) is 4.79 Å². The van der Waals surface area contributed by atoms with Crippen LogP contribution in [0.4, 0.5) is 0 Å². The molecule has 0 bridgehead atoms. The summed E-state index contributed by atoms with van der Waals surface area (Å²) in [5.41, 5.74) is 1.00. The van der Waals surface area contributed by atoms with E-state index in [0.717, 1.165) is 36.6 Å². The highest BCUT2D eigenvalue weighted by Gasteiger charge is 2.42. The molecule has 1 fully saturated rings. The van der Waals surface area contributed by atoms with Gasteiger partial charge in [-0.25, -0.2) is 0 Å². The van der Waals surface area contributed by atoms with Crippen molar-refractivity contribution in [2.24, 2.45) is 5.41 Å². The third-order valence-corrected chi connectivity index (χ3v) is 6.28. The zero-order valence-corrected chi connectivity index (χ0v) is 16.2. The van der Waals surface area contributed by atoms with Crippen LogP contribution in [0.3, 0.4) is 0 Å². The number of benzene rings is 1. The second kappa shape index (κ2) is 7.94. The SMILES string of the molecule is CC[C@@]1(C)CCC(c2ccc(Cl)cc2)N(CCSC(C)C)C1=O. The zero-order valence-electron chi connectivity index (χ0n) is 14.6. The number of rotatable bonds is 6. The number of carbonyl (C=O) groups is 1. The molecule has 0 spiro atoms. The van der Waals surface area contributed by atoms with Gasteiger partial charge in [-0.2, -0.15) is 11.8 Å². The van der Waals surface area contributed by atoms with Crippen molar-refractivity contribution < 1.29 is 4.79 Å². The molecule has 1 aliphatic rings. The monoisotopic (exact) mass is 353 g/mol. The molecular formula is C19H28ClNOS. The smallest absolute Gasteiger partial charge is 0.229 e. The zero-order chi connectivity index (χ0) is 17.0. The second-order valence-corrected chi connectivity index (χ2v) is 9.06. The van der Waals surface area contributed by atoms with Crippen molar-refractivity contribution in [3.05, 3.63) is 34.9 Å². The summed E-state index contributed by atoms with van der Waals surface area (Å²) >= 11 is 7.94. The van der Waals surface area contributed by atoms with E-state index in [1.54, 1.807) is 0 Å². The molecular weight excluding hydrogens is 326 g/mol. The van der Waals surface area contributed by atoms with Crippen LogP contribution < -0.4 is 0 Å². The Kier molecular flexibility index (Phi) is 6.44. The normalized spacial score (nSPS) is 25.2. The Morgan fingerprint density at radius 2 is 2.00 bits per heavy atom. The molecule has 0 aliphatic carbocycles. The van der Waals surface area contributed by atoms with E-state index in [2.05, 4.69) is 44.7 Å². The van der Waals surface area contributed by atoms with Crippen LogP contribution in [0, 0.1) is 5.41 Å². The highest BCUT2D eigenvalue weighted by molar-refractivity contribution is 7.99. The molecule has 1 amide bonds. The first-order chi connectivity index (χ1) is 10.9. The molecule has 1 aliphatic heterocycles. The number of nitrogens with zero attached hydrogens (tertiary/aromatic N) is 1. The lowest BCUT2D eigenvalue weighted by Gasteiger charge is -2.44. The van der Waals surface area contributed by atoms with Crippen LogP contribution in [0.2, 0.25) is 5.02 Å². The predicted octanol–water partition coefficient (Wildman–Crippen LogP) is 5.56. The van der Waals surface area contributed by atoms with Gasteiger partial charge < -0.3 is 4.90 Å². The summed E-state index contributed by atoms with van der Waals surface area (Å²) in [6.07, 6.45) is 2.90. The van der Waals surface area contributed by atoms with Crippen molar-refractivity contribution >= 4 is 29.3 Å². The molecule has 1 saturated heterocycles. The van der Waals surface area contributed by atoms with E-state index in [-0.39, 0.29) is 11.5 Å². The molecule has 1 unspecified atom stereocenters.